The Hall–Kier alpha value is -1.58. The van der Waals surface area contributed by atoms with E-state index < -0.39 is 5.83 Å². The van der Waals surface area contributed by atoms with Crippen molar-refractivity contribution < 1.29 is 9.18 Å². The molecule has 0 aromatic carbocycles. The van der Waals surface area contributed by atoms with Crippen molar-refractivity contribution in [3.8, 4) is 0 Å². The Labute approximate surface area is 74.3 Å². The van der Waals surface area contributed by atoms with Gasteiger partial charge >= 0.3 is 0 Å². The van der Waals surface area contributed by atoms with Crippen molar-refractivity contribution in [3.63, 3.8) is 0 Å². The van der Waals surface area contributed by atoms with Crippen LogP contribution in [-0.4, -0.2) is 15.8 Å². The molecular formula is C9H7FN2O. The van der Waals surface area contributed by atoms with E-state index in [-0.39, 0.29) is 12.2 Å². The van der Waals surface area contributed by atoms with Gasteiger partial charge in [-0.3, -0.25) is 4.79 Å². The van der Waals surface area contributed by atoms with Gasteiger partial charge in [0.05, 0.1) is 17.7 Å². The summed E-state index contributed by atoms with van der Waals surface area (Å²) in [6.45, 7) is 1.70. The molecule has 0 saturated carbocycles. The van der Waals surface area contributed by atoms with Gasteiger partial charge in [-0.15, -0.1) is 0 Å². The summed E-state index contributed by atoms with van der Waals surface area (Å²) >= 11 is 0. The number of carbonyl (C=O) groups is 1. The van der Waals surface area contributed by atoms with Gasteiger partial charge in [0.2, 0.25) is 0 Å². The fourth-order valence-electron chi connectivity index (χ4n) is 1.26. The van der Waals surface area contributed by atoms with Gasteiger partial charge < -0.3 is 0 Å². The second kappa shape index (κ2) is 2.73. The standard InChI is InChI=1S/C9H7FN2O/c1-5-11-4-7-8(12-5)2-6(10)3-9(7)13/h2,4H,3H2,1H3. The van der Waals surface area contributed by atoms with Crippen LogP contribution in [0.25, 0.3) is 6.08 Å². The van der Waals surface area contributed by atoms with Crippen molar-refractivity contribution in [1.29, 1.82) is 0 Å². The van der Waals surface area contributed by atoms with Gasteiger partial charge in [-0.1, -0.05) is 0 Å². The predicted molar refractivity (Wildman–Crippen MR) is 44.8 cm³/mol. The molecule has 66 valence electrons. The van der Waals surface area contributed by atoms with Gasteiger partial charge in [-0.2, -0.15) is 0 Å². The molecule has 13 heavy (non-hydrogen) atoms. The highest BCUT2D eigenvalue weighted by molar-refractivity contribution is 6.02. The average molecular weight is 178 g/mol. The van der Waals surface area contributed by atoms with Gasteiger partial charge in [0.1, 0.15) is 11.7 Å². The molecule has 0 saturated heterocycles. The first-order chi connectivity index (χ1) is 6.16. The van der Waals surface area contributed by atoms with E-state index >= 15 is 0 Å². The molecule has 3 nitrogen and oxygen atoms in total. The molecule has 1 aliphatic rings. The number of Topliss-reactive ketones (excluding diaryl/α,β-unsaturated/α-hetero) is 1. The third kappa shape index (κ3) is 1.35. The number of carbonyl (C=O) groups excluding carboxylic acids is 1. The predicted octanol–water partition coefficient (Wildman–Crippen LogP) is 1.68. The van der Waals surface area contributed by atoms with Crippen molar-refractivity contribution in [2.24, 2.45) is 0 Å². The number of aromatic nitrogens is 2. The highest BCUT2D eigenvalue weighted by Crippen LogP contribution is 2.22. The normalized spacial score (nSPS) is 15.2. The molecule has 0 atom stereocenters. The number of nitrogens with zero attached hydrogens (tertiary/aromatic N) is 2. The highest BCUT2D eigenvalue weighted by atomic mass is 19.1. The summed E-state index contributed by atoms with van der Waals surface area (Å²) in [6.07, 6.45) is 2.56. The van der Waals surface area contributed by atoms with Crippen LogP contribution < -0.4 is 0 Å². The first-order valence-electron chi connectivity index (χ1n) is 3.90. The number of halogens is 1. The lowest BCUT2D eigenvalue weighted by Crippen LogP contribution is -2.10. The zero-order chi connectivity index (χ0) is 9.42. The van der Waals surface area contributed by atoms with Crippen LogP contribution in [0.1, 0.15) is 28.3 Å². The van der Waals surface area contributed by atoms with E-state index in [2.05, 4.69) is 9.97 Å². The summed E-state index contributed by atoms with van der Waals surface area (Å²) in [6, 6.07) is 0. The van der Waals surface area contributed by atoms with Gasteiger partial charge in [-0.05, 0) is 13.0 Å². The van der Waals surface area contributed by atoms with Crippen molar-refractivity contribution in [3.05, 3.63) is 29.1 Å². The number of hydrogen-bond donors (Lipinski definition) is 0. The molecule has 0 bridgehead atoms. The maximum Gasteiger partial charge on any atom is 0.173 e. The zero-order valence-electron chi connectivity index (χ0n) is 7.04. The fourth-order valence-corrected chi connectivity index (χ4v) is 1.26. The number of ketones is 1. The van der Waals surface area contributed by atoms with Gasteiger partial charge in [0.25, 0.3) is 0 Å². The van der Waals surface area contributed by atoms with Gasteiger partial charge in [0, 0.05) is 6.20 Å². The van der Waals surface area contributed by atoms with Crippen molar-refractivity contribution in [2.45, 2.75) is 13.3 Å². The zero-order valence-corrected chi connectivity index (χ0v) is 7.04. The summed E-state index contributed by atoms with van der Waals surface area (Å²) in [5, 5.41) is 0. The molecule has 4 heteroatoms. The van der Waals surface area contributed by atoms with Crippen molar-refractivity contribution >= 4 is 11.9 Å². The Kier molecular flexibility index (Phi) is 1.69. The van der Waals surface area contributed by atoms with E-state index in [1.54, 1.807) is 6.92 Å². The SMILES string of the molecule is Cc1ncc2c(n1)C=C(F)CC2=O. The number of rotatable bonds is 0. The Morgan fingerprint density at radius 3 is 3.08 bits per heavy atom. The van der Waals surface area contributed by atoms with Crippen LogP contribution in [0, 0.1) is 6.92 Å². The third-order valence-electron chi connectivity index (χ3n) is 1.86. The Morgan fingerprint density at radius 1 is 1.54 bits per heavy atom. The molecule has 2 rings (SSSR count). The number of aryl methyl sites for hydroxylation is 1. The maximum absolute atomic E-state index is 12.8. The van der Waals surface area contributed by atoms with Crippen LogP contribution in [-0.2, 0) is 0 Å². The molecular weight excluding hydrogens is 171 g/mol. The molecule has 0 amide bonds. The van der Waals surface area contributed by atoms with Crippen molar-refractivity contribution in [2.75, 3.05) is 0 Å². The molecule has 0 fully saturated rings. The van der Waals surface area contributed by atoms with E-state index in [4.69, 9.17) is 0 Å². The summed E-state index contributed by atoms with van der Waals surface area (Å²) in [5.41, 5.74) is 0.799. The van der Waals surface area contributed by atoms with Crippen molar-refractivity contribution in [1.82, 2.24) is 9.97 Å². The number of fused-ring (bicyclic) bond motifs is 1. The minimum Gasteiger partial charge on any atom is -0.294 e. The molecule has 1 aromatic rings. The average Bonchev–Trinajstić information content (AvgIpc) is 2.02. The highest BCUT2D eigenvalue weighted by Gasteiger charge is 2.19. The van der Waals surface area contributed by atoms with Gasteiger partial charge in [0.15, 0.2) is 5.78 Å². The summed E-state index contributed by atoms with van der Waals surface area (Å²) in [5.74, 6) is -0.150. The molecule has 1 aliphatic carbocycles. The smallest absolute Gasteiger partial charge is 0.173 e. The van der Waals surface area contributed by atoms with Crippen LogP contribution in [0.5, 0.6) is 0 Å². The Balaban J connectivity index is 2.63. The lowest BCUT2D eigenvalue weighted by atomic mass is 10.0. The quantitative estimate of drug-likeness (QED) is 0.607. The molecule has 1 heterocycles. The molecule has 1 aromatic heterocycles. The fraction of sp³-hybridized carbons (Fsp3) is 0.222. The summed E-state index contributed by atoms with van der Waals surface area (Å²) < 4.78 is 12.8. The number of allylic oxidation sites excluding steroid dienone is 1. The Morgan fingerprint density at radius 2 is 2.31 bits per heavy atom. The van der Waals surface area contributed by atoms with Crippen LogP contribution in [0.2, 0.25) is 0 Å². The first-order valence-corrected chi connectivity index (χ1v) is 3.90. The van der Waals surface area contributed by atoms with Crippen LogP contribution in [0.15, 0.2) is 12.0 Å². The monoisotopic (exact) mass is 178 g/mol. The molecule has 0 unspecified atom stereocenters. The largest absolute Gasteiger partial charge is 0.294 e. The second-order valence-electron chi connectivity index (χ2n) is 2.91. The maximum atomic E-state index is 12.8. The lowest BCUT2D eigenvalue weighted by molar-refractivity contribution is 0.0984. The van der Waals surface area contributed by atoms with Crippen LogP contribution >= 0.6 is 0 Å². The van der Waals surface area contributed by atoms with Crippen LogP contribution in [0.3, 0.4) is 0 Å². The summed E-state index contributed by atoms with van der Waals surface area (Å²) in [4.78, 5) is 19.1. The van der Waals surface area contributed by atoms with E-state index in [0.717, 1.165) is 0 Å². The first kappa shape index (κ1) is 8.04. The van der Waals surface area contributed by atoms with E-state index in [0.29, 0.717) is 17.1 Å². The minimum atomic E-state index is -0.435. The second-order valence-corrected chi connectivity index (χ2v) is 2.91. The van der Waals surface area contributed by atoms with Gasteiger partial charge in [-0.25, -0.2) is 14.4 Å². The summed E-state index contributed by atoms with van der Waals surface area (Å²) in [7, 11) is 0. The topological polar surface area (TPSA) is 42.9 Å². The van der Waals surface area contributed by atoms with E-state index in [9.17, 15) is 9.18 Å². The van der Waals surface area contributed by atoms with Crippen LogP contribution in [0.4, 0.5) is 4.39 Å². The molecule has 0 aliphatic heterocycles. The lowest BCUT2D eigenvalue weighted by Gasteiger charge is -2.09. The molecule has 0 spiro atoms. The van der Waals surface area contributed by atoms with E-state index in [1.165, 1.54) is 12.3 Å². The minimum absolute atomic E-state index is 0.167. The number of hydrogen-bond acceptors (Lipinski definition) is 3. The third-order valence-corrected chi connectivity index (χ3v) is 1.86. The van der Waals surface area contributed by atoms with E-state index in [1.807, 2.05) is 0 Å². The molecule has 0 N–H and O–H groups in total. The molecule has 0 radical (unpaired) electrons. The Bertz CT molecular complexity index is 412.